The van der Waals surface area contributed by atoms with Crippen LogP contribution in [-0.4, -0.2) is 5.54 Å². The van der Waals surface area contributed by atoms with Crippen molar-refractivity contribution in [1.29, 1.82) is 0 Å². The van der Waals surface area contributed by atoms with Gasteiger partial charge < -0.3 is 5.73 Å². The molecule has 1 aliphatic carbocycles. The Morgan fingerprint density at radius 3 is 2.36 bits per heavy atom. The second-order valence-corrected chi connectivity index (χ2v) is 4.41. The molecule has 2 N–H and O–H groups in total. The number of nitrogens with two attached hydrogens (primary N) is 1. The van der Waals surface area contributed by atoms with Crippen LogP contribution in [0.5, 0.6) is 0 Å². The molecule has 0 radical (unpaired) electrons. The van der Waals surface area contributed by atoms with E-state index >= 15 is 0 Å². The molecule has 1 fully saturated rings. The first-order chi connectivity index (χ1) is 5.07. The van der Waals surface area contributed by atoms with Gasteiger partial charge in [-0.1, -0.05) is 33.6 Å². The van der Waals surface area contributed by atoms with E-state index in [4.69, 9.17) is 5.73 Å². The molecule has 0 aromatic rings. The van der Waals surface area contributed by atoms with E-state index in [0.29, 0.717) is 5.92 Å². The topological polar surface area (TPSA) is 26.0 Å². The molecule has 1 aliphatic rings. The van der Waals surface area contributed by atoms with Crippen LogP contribution in [0.25, 0.3) is 0 Å². The van der Waals surface area contributed by atoms with E-state index in [1.807, 2.05) is 0 Å². The molecule has 66 valence electrons. The van der Waals surface area contributed by atoms with Crippen molar-refractivity contribution in [3.8, 4) is 0 Å². The summed E-state index contributed by atoms with van der Waals surface area (Å²) in [5.41, 5.74) is 6.48. The molecule has 1 saturated carbocycles. The van der Waals surface area contributed by atoms with Gasteiger partial charge in [-0.3, -0.25) is 0 Å². The summed E-state index contributed by atoms with van der Waals surface area (Å²) in [6, 6.07) is 0. The van der Waals surface area contributed by atoms with Gasteiger partial charge in [0.2, 0.25) is 0 Å². The maximum Gasteiger partial charge on any atom is 0.0203 e. The van der Waals surface area contributed by atoms with Crippen LogP contribution in [0.2, 0.25) is 0 Å². The van der Waals surface area contributed by atoms with Crippen LogP contribution in [0.1, 0.15) is 46.5 Å². The van der Waals surface area contributed by atoms with Crippen molar-refractivity contribution in [2.45, 2.75) is 52.0 Å². The first-order valence-electron chi connectivity index (χ1n) is 4.86. The van der Waals surface area contributed by atoms with Gasteiger partial charge in [-0.05, 0) is 24.7 Å². The average molecular weight is 155 g/mol. The Labute approximate surface area is 70.4 Å². The third-order valence-corrected chi connectivity index (χ3v) is 3.49. The molecule has 0 amide bonds. The molecule has 0 spiro atoms. The molecule has 0 aliphatic heterocycles. The minimum atomic E-state index is 0.137. The Morgan fingerprint density at radius 2 is 2.00 bits per heavy atom. The van der Waals surface area contributed by atoms with Crippen molar-refractivity contribution in [1.82, 2.24) is 0 Å². The molecule has 0 aromatic heterocycles. The van der Waals surface area contributed by atoms with Gasteiger partial charge in [-0.15, -0.1) is 0 Å². The Morgan fingerprint density at radius 1 is 1.36 bits per heavy atom. The number of hydrogen-bond acceptors (Lipinski definition) is 1. The summed E-state index contributed by atoms with van der Waals surface area (Å²) in [6.07, 6.45) is 5.27. The number of hydrogen-bond donors (Lipinski definition) is 1. The van der Waals surface area contributed by atoms with Crippen LogP contribution in [0.3, 0.4) is 0 Å². The van der Waals surface area contributed by atoms with Crippen molar-refractivity contribution < 1.29 is 0 Å². The van der Waals surface area contributed by atoms with Gasteiger partial charge in [0.1, 0.15) is 0 Å². The van der Waals surface area contributed by atoms with Crippen LogP contribution in [0, 0.1) is 11.8 Å². The highest BCUT2D eigenvalue weighted by Gasteiger charge is 2.36. The van der Waals surface area contributed by atoms with E-state index in [1.165, 1.54) is 25.7 Å². The Hall–Kier alpha value is -0.0400. The van der Waals surface area contributed by atoms with E-state index in [1.54, 1.807) is 0 Å². The zero-order chi connectivity index (χ0) is 8.48. The van der Waals surface area contributed by atoms with E-state index in [9.17, 15) is 0 Å². The maximum atomic E-state index is 6.35. The predicted octanol–water partition coefficient (Wildman–Crippen LogP) is 2.55. The molecule has 2 atom stereocenters. The van der Waals surface area contributed by atoms with E-state index in [0.717, 1.165) is 5.92 Å². The molecule has 0 heterocycles. The van der Waals surface area contributed by atoms with Crippen molar-refractivity contribution in [2.75, 3.05) is 0 Å². The van der Waals surface area contributed by atoms with Gasteiger partial charge in [-0.25, -0.2) is 0 Å². The monoisotopic (exact) mass is 155 g/mol. The second-order valence-electron chi connectivity index (χ2n) is 4.41. The summed E-state index contributed by atoms with van der Waals surface area (Å²) in [5, 5.41) is 0. The third-order valence-electron chi connectivity index (χ3n) is 3.49. The predicted molar refractivity (Wildman–Crippen MR) is 49.4 cm³/mol. The molecule has 11 heavy (non-hydrogen) atoms. The zero-order valence-corrected chi connectivity index (χ0v) is 8.06. The van der Waals surface area contributed by atoms with Gasteiger partial charge >= 0.3 is 0 Å². The van der Waals surface area contributed by atoms with E-state index in [2.05, 4.69) is 20.8 Å². The lowest BCUT2D eigenvalue weighted by molar-refractivity contribution is 0.147. The van der Waals surface area contributed by atoms with Crippen LogP contribution in [0.4, 0.5) is 0 Å². The van der Waals surface area contributed by atoms with E-state index < -0.39 is 0 Å². The summed E-state index contributed by atoms with van der Waals surface area (Å²) in [5.74, 6) is 1.36. The van der Waals surface area contributed by atoms with Crippen molar-refractivity contribution in [2.24, 2.45) is 17.6 Å². The van der Waals surface area contributed by atoms with Gasteiger partial charge in [0, 0.05) is 5.54 Å². The number of rotatable bonds is 1. The Bertz CT molecular complexity index is 131. The summed E-state index contributed by atoms with van der Waals surface area (Å²) in [4.78, 5) is 0. The third kappa shape index (κ3) is 1.58. The van der Waals surface area contributed by atoms with Crippen molar-refractivity contribution >= 4 is 0 Å². The molecular formula is C10H21N. The largest absolute Gasteiger partial charge is 0.325 e. The molecule has 0 aromatic carbocycles. The van der Waals surface area contributed by atoms with Crippen LogP contribution in [-0.2, 0) is 0 Å². The lowest BCUT2D eigenvalue weighted by Crippen LogP contribution is -2.52. The molecule has 2 unspecified atom stereocenters. The summed E-state index contributed by atoms with van der Waals surface area (Å²) < 4.78 is 0. The SMILES string of the molecule is CC(C)C1(N)CCCCC1C. The summed E-state index contributed by atoms with van der Waals surface area (Å²) in [6.45, 7) is 6.81. The highest BCUT2D eigenvalue weighted by molar-refractivity contribution is 4.94. The normalized spacial score (nSPS) is 39.5. The minimum Gasteiger partial charge on any atom is -0.325 e. The van der Waals surface area contributed by atoms with Gasteiger partial charge in [0.25, 0.3) is 0 Å². The standard InChI is InChI=1S/C10H21N/c1-8(2)10(11)7-5-4-6-9(10)3/h8-9H,4-7,11H2,1-3H3. The summed E-state index contributed by atoms with van der Waals surface area (Å²) >= 11 is 0. The molecule has 0 saturated heterocycles. The fraction of sp³-hybridized carbons (Fsp3) is 1.00. The fourth-order valence-electron chi connectivity index (χ4n) is 2.25. The van der Waals surface area contributed by atoms with Crippen molar-refractivity contribution in [3.63, 3.8) is 0 Å². The van der Waals surface area contributed by atoms with Crippen LogP contribution < -0.4 is 5.73 Å². The summed E-state index contributed by atoms with van der Waals surface area (Å²) in [7, 11) is 0. The maximum absolute atomic E-state index is 6.35. The molecule has 1 nitrogen and oxygen atoms in total. The van der Waals surface area contributed by atoms with Gasteiger partial charge in [0.15, 0.2) is 0 Å². The highest BCUT2D eigenvalue weighted by Crippen LogP contribution is 2.36. The van der Waals surface area contributed by atoms with Crippen LogP contribution >= 0.6 is 0 Å². The fourth-order valence-corrected chi connectivity index (χ4v) is 2.25. The highest BCUT2D eigenvalue weighted by atomic mass is 14.8. The lowest BCUT2D eigenvalue weighted by Gasteiger charge is -2.42. The van der Waals surface area contributed by atoms with Crippen LogP contribution in [0.15, 0.2) is 0 Å². The Kier molecular flexibility index (Phi) is 2.58. The molecular weight excluding hydrogens is 134 g/mol. The van der Waals surface area contributed by atoms with E-state index in [-0.39, 0.29) is 5.54 Å². The quantitative estimate of drug-likeness (QED) is 0.618. The zero-order valence-electron chi connectivity index (χ0n) is 8.06. The lowest BCUT2D eigenvalue weighted by atomic mass is 9.68. The molecule has 1 rings (SSSR count). The molecule has 0 bridgehead atoms. The first kappa shape index (κ1) is 9.05. The minimum absolute atomic E-state index is 0.137. The second kappa shape index (κ2) is 3.14. The van der Waals surface area contributed by atoms with Gasteiger partial charge in [0.05, 0.1) is 0 Å². The first-order valence-corrected chi connectivity index (χ1v) is 4.86. The average Bonchev–Trinajstić information content (AvgIpc) is 1.95. The molecule has 1 heteroatoms. The smallest absolute Gasteiger partial charge is 0.0203 e. The van der Waals surface area contributed by atoms with Crippen molar-refractivity contribution in [3.05, 3.63) is 0 Å². The Balaban J connectivity index is 2.64. The van der Waals surface area contributed by atoms with Gasteiger partial charge in [-0.2, -0.15) is 0 Å².